The van der Waals surface area contributed by atoms with Gasteiger partial charge in [-0.05, 0) is 31.2 Å². The molecule has 0 spiro atoms. The van der Waals surface area contributed by atoms with Crippen LogP contribution in [0.5, 0.6) is 11.5 Å². The Bertz CT molecular complexity index is 660. The number of carbonyl (C=O) groups is 1. The Labute approximate surface area is 135 Å². The van der Waals surface area contributed by atoms with Gasteiger partial charge < -0.3 is 14.4 Å². The number of nitrogens with zero attached hydrogens (tertiary/aromatic N) is 1. The van der Waals surface area contributed by atoms with E-state index in [0.717, 1.165) is 0 Å². The molecule has 0 radical (unpaired) electrons. The number of hydrogen-bond donors (Lipinski definition) is 0. The van der Waals surface area contributed by atoms with E-state index >= 15 is 0 Å². The van der Waals surface area contributed by atoms with Crippen LogP contribution in [0.4, 0.5) is 4.39 Å². The average Bonchev–Trinajstić information content (AvgIpc) is 2.56. The van der Waals surface area contributed by atoms with Crippen molar-refractivity contribution in [2.45, 2.75) is 6.92 Å². The molecule has 0 N–H and O–H groups in total. The summed E-state index contributed by atoms with van der Waals surface area (Å²) < 4.78 is 24.3. The van der Waals surface area contributed by atoms with Crippen molar-refractivity contribution in [3.8, 4) is 11.5 Å². The van der Waals surface area contributed by atoms with Crippen molar-refractivity contribution in [3.05, 3.63) is 59.9 Å². The lowest BCUT2D eigenvalue weighted by molar-refractivity contribution is 0.0769. The molecule has 0 aromatic heterocycles. The fourth-order valence-corrected chi connectivity index (χ4v) is 2.09. The van der Waals surface area contributed by atoms with Gasteiger partial charge >= 0.3 is 0 Å². The summed E-state index contributed by atoms with van der Waals surface area (Å²) in [5.41, 5.74) is 0.503. The molecule has 0 atom stereocenters. The Hall–Kier alpha value is -2.56. The monoisotopic (exact) mass is 317 g/mol. The zero-order valence-electron chi connectivity index (χ0n) is 13.3. The van der Waals surface area contributed by atoms with Gasteiger partial charge in [0, 0.05) is 7.05 Å². The van der Waals surface area contributed by atoms with E-state index in [9.17, 15) is 9.18 Å². The summed E-state index contributed by atoms with van der Waals surface area (Å²) in [6, 6.07) is 13.3. The van der Waals surface area contributed by atoms with Crippen LogP contribution in [0.2, 0.25) is 0 Å². The van der Waals surface area contributed by atoms with E-state index in [2.05, 4.69) is 0 Å². The van der Waals surface area contributed by atoms with Crippen LogP contribution in [-0.4, -0.2) is 37.6 Å². The minimum Gasteiger partial charge on any atom is -0.493 e. The maximum atomic E-state index is 13.5. The molecule has 1 amide bonds. The Morgan fingerprint density at radius 2 is 1.70 bits per heavy atom. The standard InChI is InChI=1S/C18H20FNO3/c1-3-22-16-10-6-4-8-14(16)18(21)20(2)12-13-23-17-11-7-5-9-15(17)19/h4-11H,3,12-13H2,1-2H3. The summed E-state index contributed by atoms with van der Waals surface area (Å²) in [7, 11) is 1.68. The van der Waals surface area contributed by atoms with Crippen molar-refractivity contribution >= 4 is 5.91 Å². The van der Waals surface area contributed by atoms with Gasteiger partial charge in [-0.1, -0.05) is 24.3 Å². The number of para-hydroxylation sites is 2. The second kappa shape index (κ2) is 8.17. The Morgan fingerprint density at radius 3 is 2.39 bits per heavy atom. The normalized spacial score (nSPS) is 10.2. The third kappa shape index (κ3) is 4.45. The highest BCUT2D eigenvalue weighted by Crippen LogP contribution is 2.20. The Kier molecular flexibility index (Phi) is 5.97. The van der Waals surface area contributed by atoms with Gasteiger partial charge in [-0.2, -0.15) is 0 Å². The third-order valence-corrected chi connectivity index (χ3v) is 3.28. The van der Waals surface area contributed by atoms with Crippen LogP contribution in [-0.2, 0) is 0 Å². The smallest absolute Gasteiger partial charge is 0.257 e. The largest absolute Gasteiger partial charge is 0.493 e. The van der Waals surface area contributed by atoms with Crippen LogP contribution < -0.4 is 9.47 Å². The molecule has 0 bridgehead atoms. The number of carbonyl (C=O) groups excluding carboxylic acids is 1. The number of benzene rings is 2. The summed E-state index contributed by atoms with van der Waals surface area (Å²) in [6.45, 7) is 2.91. The zero-order valence-corrected chi connectivity index (χ0v) is 13.3. The lowest BCUT2D eigenvalue weighted by atomic mass is 10.2. The van der Waals surface area contributed by atoms with Crippen LogP contribution in [0.1, 0.15) is 17.3 Å². The fourth-order valence-electron chi connectivity index (χ4n) is 2.09. The summed E-state index contributed by atoms with van der Waals surface area (Å²) in [5, 5.41) is 0. The Balaban J connectivity index is 1.94. The molecule has 5 heteroatoms. The van der Waals surface area contributed by atoms with Crippen LogP contribution in [0.3, 0.4) is 0 Å². The van der Waals surface area contributed by atoms with Gasteiger partial charge in [-0.25, -0.2) is 4.39 Å². The first kappa shape index (κ1) is 16.8. The number of rotatable bonds is 7. The van der Waals surface area contributed by atoms with Gasteiger partial charge in [0.1, 0.15) is 12.4 Å². The minimum absolute atomic E-state index is 0.161. The molecular weight excluding hydrogens is 297 g/mol. The molecular formula is C18H20FNO3. The number of hydrogen-bond acceptors (Lipinski definition) is 3. The fraction of sp³-hybridized carbons (Fsp3) is 0.278. The van der Waals surface area contributed by atoms with Crippen LogP contribution in [0, 0.1) is 5.82 Å². The van der Waals surface area contributed by atoms with E-state index in [4.69, 9.17) is 9.47 Å². The summed E-state index contributed by atoms with van der Waals surface area (Å²) >= 11 is 0. The quantitative estimate of drug-likeness (QED) is 0.786. The molecule has 2 rings (SSSR count). The highest BCUT2D eigenvalue weighted by molar-refractivity contribution is 5.96. The SMILES string of the molecule is CCOc1ccccc1C(=O)N(C)CCOc1ccccc1F. The van der Waals surface area contributed by atoms with E-state index in [1.165, 1.54) is 11.0 Å². The molecule has 0 fully saturated rings. The molecule has 0 aliphatic carbocycles. The van der Waals surface area contributed by atoms with Crippen LogP contribution >= 0.6 is 0 Å². The van der Waals surface area contributed by atoms with Gasteiger partial charge in [0.05, 0.1) is 18.7 Å². The third-order valence-electron chi connectivity index (χ3n) is 3.28. The van der Waals surface area contributed by atoms with Crippen molar-refractivity contribution in [2.75, 3.05) is 26.8 Å². The van der Waals surface area contributed by atoms with E-state index in [-0.39, 0.29) is 18.3 Å². The van der Waals surface area contributed by atoms with E-state index in [1.54, 1.807) is 43.4 Å². The highest BCUT2D eigenvalue weighted by Gasteiger charge is 2.16. The van der Waals surface area contributed by atoms with Crippen molar-refractivity contribution in [2.24, 2.45) is 0 Å². The molecule has 0 aliphatic rings. The first-order valence-corrected chi connectivity index (χ1v) is 7.48. The summed E-state index contributed by atoms with van der Waals surface area (Å²) in [4.78, 5) is 14.0. The van der Waals surface area contributed by atoms with Crippen molar-refractivity contribution in [1.82, 2.24) is 4.90 Å². The van der Waals surface area contributed by atoms with Gasteiger partial charge in [-0.15, -0.1) is 0 Å². The number of amides is 1. The average molecular weight is 317 g/mol. The highest BCUT2D eigenvalue weighted by atomic mass is 19.1. The van der Waals surface area contributed by atoms with Gasteiger partial charge in [0.15, 0.2) is 11.6 Å². The first-order valence-electron chi connectivity index (χ1n) is 7.48. The molecule has 0 saturated carbocycles. The van der Waals surface area contributed by atoms with E-state index in [1.807, 2.05) is 13.0 Å². The molecule has 4 nitrogen and oxygen atoms in total. The predicted octanol–water partition coefficient (Wildman–Crippen LogP) is 3.38. The number of ether oxygens (including phenoxy) is 2. The summed E-state index contributed by atoms with van der Waals surface area (Å²) in [6.07, 6.45) is 0. The van der Waals surface area contributed by atoms with Crippen molar-refractivity contribution in [3.63, 3.8) is 0 Å². The van der Waals surface area contributed by atoms with E-state index in [0.29, 0.717) is 24.5 Å². The maximum Gasteiger partial charge on any atom is 0.257 e. The lowest BCUT2D eigenvalue weighted by Crippen LogP contribution is -2.31. The van der Waals surface area contributed by atoms with Crippen LogP contribution in [0.25, 0.3) is 0 Å². The molecule has 2 aromatic rings. The molecule has 0 aliphatic heterocycles. The first-order chi connectivity index (χ1) is 11.1. The van der Waals surface area contributed by atoms with Crippen LogP contribution in [0.15, 0.2) is 48.5 Å². The number of halogens is 1. The van der Waals surface area contributed by atoms with Gasteiger partial charge in [0.2, 0.25) is 0 Å². The number of likely N-dealkylation sites (N-methyl/N-ethyl adjacent to an activating group) is 1. The lowest BCUT2D eigenvalue weighted by Gasteiger charge is -2.19. The maximum absolute atomic E-state index is 13.5. The van der Waals surface area contributed by atoms with Crippen molar-refractivity contribution < 1.29 is 18.7 Å². The molecule has 0 unspecified atom stereocenters. The van der Waals surface area contributed by atoms with E-state index < -0.39 is 5.82 Å². The molecule has 0 saturated heterocycles. The Morgan fingerprint density at radius 1 is 1.04 bits per heavy atom. The zero-order chi connectivity index (χ0) is 16.7. The topological polar surface area (TPSA) is 38.8 Å². The second-order valence-electron chi connectivity index (χ2n) is 4.93. The summed E-state index contributed by atoms with van der Waals surface area (Å²) in [5.74, 6) is 0.166. The molecule has 23 heavy (non-hydrogen) atoms. The molecule has 122 valence electrons. The second-order valence-corrected chi connectivity index (χ2v) is 4.93. The van der Waals surface area contributed by atoms with Gasteiger partial charge in [0.25, 0.3) is 5.91 Å². The molecule has 0 heterocycles. The predicted molar refractivity (Wildman–Crippen MR) is 86.5 cm³/mol. The molecule has 2 aromatic carbocycles. The van der Waals surface area contributed by atoms with Crippen molar-refractivity contribution in [1.29, 1.82) is 0 Å². The minimum atomic E-state index is -0.414. The van der Waals surface area contributed by atoms with Gasteiger partial charge in [-0.3, -0.25) is 4.79 Å².